The van der Waals surface area contributed by atoms with Gasteiger partial charge in [-0.25, -0.2) is 9.97 Å². The van der Waals surface area contributed by atoms with E-state index in [2.05, 4.69) is 15.0 Å². The maximum Gasteiger partial charge on any atom is 0.227 e. The van der Waals surface area contributed by atoms with Gasteiger partial charge < -0.3 is 19.2 Å². The molecule has 9 heteroatoms. The first-order chi connectivity index (χ1) is 15.5. The molecule has 0 saturated carbocycles. The van der Waals surface area contributed by atoms with Crippen LogP contribution >= 0.6 is 0 Å². The average molecular weight is 439 g/mol. The number of hydrogen-bond acceptors (Lipinski definition) is 7. The van der Waals surface area contributed by atoms with E-state index in [-0.39, 0.29) is 23.7 Å². The molecule has 2 amide bonds. The summed E-state index contributed by atoms with van der Waals surface area (Å²) in [7, 11) is 1.77. The molecular weight excluding hydrogens is 408 g/mol. The first-order valence-corrected chi connectivity index (χ1v) is 11.6. The fourth-order valence-corrected chi connectivity index (χ4v) is 5.11. The van der Waals surface area contributed by atoms with Gasteiger partial charge in [-0.1, -0.05) is 5.16 Å². The first-order valence-electron chi connectivity index (χ1n) is 11.6. The summed E-state index contributed by atoms with van der Waals surface area (Å²) in [6, 6.07) is 1.92. The van der Waals surface area contributed by atoms with Crippen LogP contribution in [-0.2, 0) is 9.59 Å². The molecule has 5 heterocycles. The summed E-state index contributed by atoms with van der Waals surface area (Å²) in [5.74, 6) is 1.64. The highest BCUT2D eigenvalue weighted by Gasteiger charge is 2.36. The van der Waals surface area contributed by atoms with Crippen LogP contribution in [0.25, 0.3) is 11.3 Å². The number of hydrogen-bond donors (Lipinski definition) is 0. The van der Waals surface area contributed by atoms with Crippen LogP contribution in [0.3, 0.4) is 0 Å². The predicted octanol–water partition coefficient (Wildman–Crippen LogP) is 2.22. The molecule has 2 aromatic rings. The van der Waals surface area contributed by atoms with Gasteiger partial charge in [0.25, 0.3) is 0 Å². The largest absolute Gasteiger partial charge is 0.356 e. The quantitative estimate of drug-likeness (QED) is 0.722. The lowest BCUT2D eigenvalue weighted by molar-refractivity contribution is -0.136. The number of nitrogens with zero attached hydrogens (tertiary/aromatic N) is 6. The van der Waals surface area contributed by atoms with Crippen LogP contribution < -0.4 is 4.90 Å². The zero-order chi connectivity index (χ0) is 22.2. The molecular formula is C23H30N6O3. The second-order valence-electron chi connectivity index (χ2n) is 9.27. The molecule has 2 aromatic heterocycles. The molecule has 0 aromatic carbocycles. The van der Waals surface area contributed by atoms with E-state index in [1.165, 1.54) is 12.8 Å². The van der Waals surface area contributed by atoms with E-state index < -0.39 is 0 Å². The molecule has 9 nitrogen and oxygen atoms in total. The molecule has 0 radical (unpaired) electrons. The van der Waals surface area contributed by atoms with E-state index >= 15 is 0 Å². The number of amides is 2. The lowest BCUT2D eigenvalue weighted by Gasteiger charge is -2.34. The Morgan fingerprint density at radius 2 is 1.91 bits per heavy atom. The molecule has 32 heavy (non-hydrogen) atoms. The van der Waals surface area contributed by atoms with Crippen LogP contribution in [0.15, 0.2) is 16.8 Å². The highest BCUT2D eigenvalue weighted by molar-refractivity contribution is 5.89. The van der Waals surface area contributed by atoms with Crippen molar-refractivity contribution in [3.8, 4) is 11.3 Å². The van der Waals surface area contributed by atoms with Crippen molar-refractivity contribution < 1.29 is 14.1 Å². The van der Waals surface area contributed by atoms with E-state index in [1.54, 1.807) is 11.9 Å². The van der Waals surface area contributed by atoms with E-state index in [1.807, 2.05) is 24.1 Å². The Hall–Kier alpha value is -2.97. The van der Waals surface area contributed by atoms with Gasteiger partial charge in [-0.05, 0) is 32.6 Å². The number of rotatable bonds is 4. The molecule has 0 bridgehead atoms. The zero-order valence-corrected chi connectivity index (χ0v) is 18.8. The smallest absolute Gasteiger partial charge is 0.227 e. The lowest BCUT2D eigenvalue weighted by atomic mass is 9.89. The molecule has 0 spiro atoms. The number of aryl methyl sites for hydroxylation is 1. The minimum absolute atomic E-state index is 0.0562. The van der Waals surface area contributed by atoms with Crippen molar-refractivity contribution >= 4 is 17.8 Å². The molecule has 170 valence electrons. The van der Waals surface area contributed by atoms with Gasteiger partial charge in [0.2, 0.25) is 17.8 Å². The van der Waals surface area contributed by atoms with Crippen molar-refractivity contribution in [3.63, 3.8) is 0 Å². The second kappa shape index (κ2) is 8.52. The van der Waals surface area contributed by atoms with Crippen LogP contribution in [0, 0.1) is 12.8 Å². The van der Waals surface area contributed by atoms with Crippen LogP contribution in [0.4, 0.5) is 5.95 Å². The number of piperidine rings is 1. The lowest BCUT2D eigenvalue weighted by Crippen LogP contribution is -2.42. The summed E-state index contributed by atoms with van der Waals surface area (Å²) >= 11 is 0. The van der Waals surface area contributed by atoms with Gasteiger partial charge in [0.05, 0.1) is 22.9 Å². The second-order valence-corrected chi connectivity index (χ2v) is 9.27. The van der Waals surface area contributed by atoms with Crippen LogP contribution in [-0.4, -0.2) is 76.5 Å². The molecule has 1 unspecified atom stereocenters. The minimum atomic E-state index is -0.211. The highest BCUT2D eigenvalue weighted by atomic mass is 16.5. The standard InChI is InChI=1S/C23H30N6O3/c1-15-11-19(32-26-15)18-13-24-23(29-7-3-4-8-29)25-21(18)16-5-9-28(10-6-16)22(31)17-12-20(30)27(2)14-17/h11,13,16-17H,3-10,12,14H2,1-2H3. The fraction of sp³-hybridized carbons (Fsp3) is 0.609. The average Bonchev–Trinajstić information content (AvgIpc) is 3.56. The van der Waals surface area contributed by atoms with E-state index in [9.17, 15) is 9.59 Å². The summed E-state index contributed by atoms with van der Waals surface area (Å²) < 4.78 is 5.55. The SMILES string of the molecule is Cc1cc(-c2cnc(N3CCCC3)nc2C2CCN(C(=O)C3CC(=O)N(C)C3)CC2)on1. The molecule has 3 saturated heterocycles. The molecule has 0 aliphatic carbocycles. The van der Waals surface area contributed by atoms with Gasteiger partial charge in [0, 0.05) is 64.4 Å². The maximum absolute atomic E-state index is 12.9. The van der Waals surface area contributed by atoms with Gasteiger partial charge in [-0.15, -0.1) is 0 Å². The van der Waals surface area contributed by atoms with Gasteiger partial charge >= 0.3 is 0 Å². The zero-order valence-electron chi connectivity index (χ0n) is 18.8. The topological polar surface area (TPSA) is 95.7 Å². The van der Waals surface area contributed by atoms with Crippen molar-refractivity contribution in [2.75, 3.05) is 44.7 Å². The van der Waals surface area contributed by atoms with Crippen molar-refractivity contribution in [1.82, 2.24) is 24.9 Å². The summed E-state index contributed by atoms with van der Waals surface area (Å²) in [4.78, 5) is 40.3. The Balaban J connectivity index is 1.35. The molecule has 0 N–H and O–H groups in total. The summed E-state index contributed by atoms with van der Waals surface area (Å²) in [5.41, 5.74) is 2.70. The monoisotopic (exact) mass is 438 g/mol. The van der Waals surface area contributed by atoms with Crippen molar-refractivity contribution in [1.29, 1.82) is 0 Å². The van der Waals surface area contributed by atoms with E-state index in [0.29, 0.717) is 31.8 Å². The number of likely N-dealkylation sites (tertiary alicyclic amines) is 2. The molecule has 1 atom stereocenters. The van der Waals surface area contributed by atoms with Gasteiger partial charge in [-0.3, -0.25) is 9.59 Å². The Bertz CT molecular complexity index is 1010. The van der Waals surface area contributed by atoms with Crippen LogP contribution in [0.1, 0.15) is 49.4 Å². The van der Waals surface area contributed by atoms with Crippen molar-refractivity contribution in [2.24, 2.45) is 5.92 Å². The Kier molecular flexibility index (Phi) is 5.57. The van der Waals surface area contributed by atoms with E-state index in [0.717, 1.165) is 48.8 Å². The summed E-state index contributed by atoms with van der Waals surface area (Å²) in [6.45, 7) is 5.76. The Morgan fingerprint density at radius 1 is 1.16 bits per heavy atom. The summed E-state index contributed by atoms with van der Waals surface area (Å²) in [5, 5.41) is 4.05. The fourth-order valence-electron chi connectivity index (χ4n) is 5.11. The Morgan fingerprint density at radius 3 is 2.53 bits per heavy atom. The number of anilines is 1. The van der Waals surface area contributed by atoms with Gasteiger partial charge in [-0.2, -0.15) is 0 Å². The minimum Gasteiger partial charge on any atom is -0.356 e. The van der Waals surface area contributed by atoms with Crippen LogP contribution in [0.5, 0.6) is 0 Å². The highest BCUT2D eigenvalue weighted by Crippen LogP contribution is 2.36. The van der Waals surface area contributed by atoms with Crippen LogP contribution in [0.2, 0.25) is 0 Å². The molecule has 5 rings (SSSR count). The maximum atomic E-state index is 12.9. The number of carbonyl (C=O) groups is 2. The van der Waals surface area contributed by atoms with Gasteiger partial charge in [0.1, 0.15) is 0 Å². The predicted molar refractivity (Wildman–Crippen MR) is 118 cm³/mol. The van der Waals surface area contributed by atoms with E-state index in [4.69, 9.17) is 9.51 Å². The molecule has 3 aliphatic rings. The molecule has 3 fully saturated rings. The normalized spacial score (nSPS) is 22.2. The molecule has 3 aliphatic heterocycles. The third-order valence-electron chi connectivity index (χ3n) is 6.97. The first kappa shape index (κ1) is 20.9. The van der Waals surface area contributed by atoms with Crippen molar-refractivity contribution in [3.05, 3.63) is 23.7 Å². The number of aromatic nitrogens is 3. The Labute approximate surface area is 187 Å². The summed E-state index contributed by atoms with van der Waals surface area (Å²) in [6.07, 6.45) is 6.20. The third kappa shape index (κ3) is 3.96. The van der Waals surface area contributed by atoms with Gasteiger partial charge in [0.15, 0.2) is 5.76 Å². The number of carbonyl (C=O) groups excluding carboxylic acids is 2. The van der Waals surface area contributed by atoms with Crippen molar-refractivity contribution in [2.45, 2.75) is 44.9 Å². The third-order valence-corrected chi connectivity index (χ3v) is 6.97.